The zero-order valence-corrected chi connectivity index (χ0v) is 10.9. The summed E-state index contributed by atoms with van der Waals surface area (Å²) in [5, 5.41) is 12.3. The SMILES string of the molecule is CC[SH]=C(O)[C@H](C)NC(=O)OC(C)(C)C. The van der Waals surface area contributed by atoms with Crippen LogP contribution in [0.25, 0.3) is 0 Å². The number of aliphatic hydroxyl groups excluding tert-OH is 1. The zero-order chi connectivity index (χ0) is 12.1. The maximum Gasteiger partial charge on any atom is 0.408 e. The average Bonchev–Trinajstić information content (AvgIpc) is 2.00. The molecular weight excluding hydrogens is 214 g/mol. The number of hydrogen-bond donors (Lipinski definition) is 3. The highest BCUT2D eigenvalue weighted by Gasteiger charge is 2.18. The van der Waals surface area contributed by atoms with E-state index in [4.69, 9.17) is 4.74 Å². The first-order valence-corrected chi connectivity index (χ1v) is 6.07. The summed E-state index contributed by atoms with van der Waals surface area (Å²) in [5.74, 6) is 0.826. The van der Waals surface area contributed by atoms with Crippen LogP contribution >= 0.6 is 11.4 Å². The largest absolute Gasteiger partial charge is 0.444 e. The minimum absolute atomic E-state index is 0.253. The van der Waals surface area contributed by atoms with E-state index < -0.39 is 11.7 Å². The Morgan fingerprint density at radius 3 is 2.47 bits per heavy atom. The van der Waals surface area contributed by atoms with Gasteiger partial charge in [-0.1, -0.05) is 6.92 Å². The molecule has 0 aromatic heterocycles. The van der Waals surface area contributed by atoms with Gasteiger partial charge in [-0.05, 0) is 33.4 Å². The molecule has 0 aromatic rings. The fourth-order valence-electron chi connectivity index (χ4n) is 0.848. The first kappa shape index (κ1) is 14.5. The number of alkyl carbamates (subject to hydrolysis) is 1. The van der Waals surface area contributed by atoms with Crippen molar-refractivity contribution < 1.29 is 14.6 Å². The van der Waals surface area contributed by atoms with Crippen LogP contribution in [0, 0.1) is 0 Å². The molecule has 0 radical (unpaired) electrons. The molecule has 0 heterocycles. The summed E-state index contributed by atoms with van der Waals surface area (Å²) in [6.07, 6.45) is -0.507. The molecule has 0 aliphatic carbocycles. The van der Waals surface area contributed by atoms with Crippen molar-refractivity contribution in [2.45, 2.75) is 46.3 Å². The number of hydrogen-bond acceptors (Lipinski definition) is 2. The summed E-state index contributed by atoms with van der Waals surface area (Å²) in [6, 6.07) is -0.374. The van der Waals surface area contributed by atoms with Gasteiger partial charge < -0.3 is 15.2 Å². The van der Waals surface area contributed by atoms with E-state index in [-0.39, 0.29) is 11.1 Å². The fourth-order valence-corrected chi connectivity index (χ4v) is 1.51. The molecule has 0 rings (SSSR count). The number of nitrogens with one attached hydrogen (secondary N) is 1. The van der Waals surface area contributed by atoms with Crippen LogP contribution in [0.1, 0.15) is 34.6 Å². The van der Waals surface area contributed by atoms with Crippen molar-refractivity contribution in [1.29, 1.82) is 0 Å². The van der Waals surface area contributed by atoms with Crippen LogP contribution in [-0.2, 0) is 4.74 Å². The van der Waals surface area contributed by atoms with Crippen molar-refractivity contribution in [2.24, 2.45) is 0 Å². The Hall–Kier alpha value is -0.550. The highest BCUT2D eigenvalue weighted by molar-refractivity contribution is 7.98. The molecule has 90 valence electrons. The molecular formula is C10H21NO3S. The minimum atomic E-state index is -0.512. The molecule has 2 N–H and O–H groups in total. The van der Waals surface area contributed by atoms with E-state index in [0.29, 0.717) is 0 Å². The van der Waals surface area contributed by atoms with Crippen molar-refractivity contribution in [1.82, 2.24) is 5.32 Å². The highest BCUT2D eigenvalue weighted by atomic mass is 32.1. The second kappa shape index (κ2) is 6.12. The van der Waals surface area contributed by atoms with Gasteiger partial charge in [-0.25, -0.2) is 4.79 Å². The lowest BCUT2D eigenvalue weighted by Gasteiger charge is -2.21. The Morgan fingerprint density at radius 1 is 1.53 bits per heavy atom. The van der Waals surface area contributed by atoms with Crippen molar-refractivity contribution in [3.8, 4) is 0 Å². The molecule has 0 aliphatic heterocycles. The Morgan fingerprint density at radius 2 is 2.07 bits per heavy atom. The molecule has 0 saturated heterocycles. The molecule has 0 unspecified atom stereocenters. The van der Waals surface area contributed by atoms with Gasteiger partial charge in [-0.15, -0.1) is 0 Å². The second-order valence-electron chi connectivity index (χ2n) is 4.20. The standard InChI is InChI=1S/C10H21NO3S/c1-6-15-8(12)7(2)11-9(13)14-10(3,4)5/h7,12,15H,6H2,1-5H3,(H,11,13)/t7-/m0/s1. The van der Waals surface area contributed by atoms with Gasteiger partial charge in [0.25, 0.3) is 0 Å². The third kappa shape index (κ3) is 7.39. The Labute approximate surface area is 95.0 Å². The van der Waals surface area contributed by atoms with Crippen molar-refractivity contribution in [2.75, 3.05) is 5.75 Å². The summed E-state index contributed by atoms with van der Waals surface area (Å²) in [7, 11) is 0. The first-order chi connectivity index (χ1) is 6.76. The monoisotopic (exact) mass is 235 g/mol. The highest BCUT2D eigenvalue weighted by Crippen LogP contribution is 2.07. The van der Waals surface area contributed by atoms with Gasteiger partial charge in [0.05, 0.1) is 11.1 Å². The maximum atomic E-state index is 11.3. The summed E-state index contributed by atoms with van der Waals surface area (Å²) < 4.78 is 5.06. The molecule has 0 fully saturated rings. The van der Waals surface area contributed by atoms with Gasteiger partial charge >= 0.3 is 6.09 Å². The van der Waals surface area contributed by atoms with Crippen LogP contribution in [0.2, 0.25) is 0 Å². The zero-order valence-electron chi connectivity index (χ0n) is 10.00. The molecule has 0 aliphatic rings. The van der Waals surface area contributed by atoms with E-state index in [1.807, 2.05) is 6.92 Å². The van der Waals surface area contributed by atoms with Gasteiger partial charge in [-0.2, -0.15) is 11.4 Å². The van der Waals surface area contributed by atoms with Gasteiger partial charge in [0.1, 0.15) is 5.60 Å². The first-order valence-electron chi connectivity index (χ1n) is 4.99. The predicted octanol–water partition coefficient (Wildman–Crippen LogP) is 2.07. The maximum absolute atomic E-state index is 11.3. The number of amides is 1. The number of carbonyl (C=O) groups excluding carboxylic acids is 1. The molecule has 0 bridgehead atoms. The van der Waals surface area contributed by atoms with Crippen LogP contribution in [0.4, 0.5) is 4.79 Å². The van der Waals surface area contributed by atoms with Crippen LogP contribution in [0.15, 0.2) is 0 Å². The van der Waals surface area contributed by atoms with Gasteiger partial charge in [0.15, 0.2) is 0 Å². The van der Waals surface area contributed by atoms with E-state index in [2.05, 4.69) is 5.32 Å². The lowest BCUT2D eigenvalue weighted by Crippen LogP contribution is -2.41. The topological polar surface area (TPSA) is 58.6 Å². The third-order valence-corrected chi connectivity index (χ3v) is 2.47. The number of ether oxygens (including phenoxy) is 1. The summed E-state index contributed by atoms with van der Waals surface area (Å²) in [5.41, 5.74) is -0.512. The molecule has 0 saturated carbocycles. The molecule has 4 nitrogen and oxygen atoms in total. The van der Waals surface area contributed by atoms with E-state index in [9.17, 15) is 9.90 Å². The summed E-state index contributed by atoms with van der Waals surface area (Å²) >= 11 is 0.830. The number of rotatable bonds is 3. The quantitative estimate of drug-likeness (QED) is 0.518. The Kier molecular flexibility index (Phi) is 5.90. The number of carbonyl (C=O) groups is 1. The number of thiol groups is 1. The smallest absolute Gasteiger partial charge is 0.408 e. The van der Waals surface area contributed by atoms with Gasteiger partial charge in [0, 0.05) is 0 Å². The number of aliphatic hydroxyl groups is 1. The summed E-state index contributed by atoms with van der Waals surface area (Å²) in [6.45, 7) is 9.07. The van der Waals surface area contributed by atoms with Gasteiger partial charge in [0.2, 0.25) is 0 Å². The molecule has 1 amide bonds. The second-order valence-corrected chi connectivity index (χ2v) is 5.61. The lowest BCUT2D eigenvalue weighted by molar-refractivity contribution is 0.0518. The summed E-state index contributed by atoms with van der Waals surface area (Å²) in [4.78, 5) is 11.3. The molecule has 5 heteroatoms. The van der Waals surface area contributed by atoms with Crippen LogP contribution in [-0.4, -0.2) is 33.6 Å². The normalized spacial score (nSPS) is 15.2. The van der Waals surface area contributed by atoms with Crippen LogP contribution < -0.4 is 5.32 Å². The fraction of sp³-hybridized carbons (Fsp3) is 0.800. The Bertz CT molecular complexity index is 246. The molecule has 0 aromatic carbocycles. The van der Waals surface area contributed by atoms with Crippen LogP contribution in [0.5, 0.6) is 0 Å². The van der Waals surface area contributed by atoms with Crippen molar-refractivity contribution in [3.63, 3.8) is 0 Å². The lowest BCUT2D eigenvalue weighted by atomic mass is 10.2. The van der Waals surface area contributed by atoms with E-state index in [0.717, 1.165) is 17.1 Å². The van der Waals surface area contributed by atoms with E-state index in [1.165, 1.54) is 0 Å². The van der Waals surface area contributed by atoms with E-state index in [1.54, 1.807) is 27.7 Å². The average molecular weight is 235 g/mol. The third-order valence-electron chi connectivity index (χ3n) is 1.44. The minimum Gasteiger partial charge on any atom is -0.444 e. The van der Waals surface area contributed by atoms with Gasteiger partial charge in [-0.3, -0.25) is 0 Å². The van der Waals surface area contributed by atoms with E-state index >= 15 is 0 Å². The van der Waals surface area contributed by atoms with Crippen molar-refractivity contribution in [3.05, 3.63) is 0 Å². The molecule has 1 atom stereocenters. The molecule has 15 heavy (non-hydrogen) atoms. The van der Waals surface area contributed by atoms with Crippen LogP contribution in [0.3, 0.4) is 0 Å². The predicted molar refractivity (Wildman–Crippen MR) is 66.0 cm³/mol. The Balaban J connectivity index is 4.13. The van der Waals surface area contributed by atoms with Crippen molar-refractivity contribution >= 4 is 22.5 Å². The molecule has 0 spiro atoms.